The van der Waals surface area contributed by atoms with Gasteiger partial charge in [0.1, 0.15) is 5.82 Å². The molecule has 0 bridgehead atoms. The Balaban J connectivity index is 2.04. The van der Waals surface area contributed by atoms with Crippen molar-refractivity contribution < 1.29 is 9.53 Å². The second kappa shape index (κ2) is 6.70. The van der Waals surface area contributed by atoms with Gasteiger partial charge >= 0.3 is 0 Å². The van der Waals surface area contributed by atoms with Gasteiger partial charge in [0.25, 0.3) is 5.91 Å². The summed E-state index contributed by atoms with van der Waals surface area (Å²) in [7, 11) is 0. The highest BCUT2D eigenvalue weighted by molar-refractivity contribution is 5.95. The van der Waals surface area contributed by atoms with Crippen molar-refractivity contribution in [2.45, 2.75) is 45.8 Å². The van der Waals surface area contributed by atoms with Crippen molar-refractivity contribution >= 4 is 11.7 Å². The average molecular weight is 277 g/mol. The van der Waals surface area contributed by atoms with E-state index in [4.69, 9.17) is 4.74 Å². The largest absolute Gasteiger partial charge is 0.376 e. The van der Waals surface area contributed by atoms with Crippen molar-refractivity contribution in [3.8, 4) is 0 Å². The number of hydrogen-bond donors (Lipinski definition) is 2. The first-order valence-electron chi connectivity index (χ1n) is 7.25. The zero-order chi connectivity index (χ0) is 14.5. The lowest BCUT2D eigenvalue weighted by Crippen LogP contribution is -2.40. The number of aromatic nitrogens is 1. The lowest BCUT2D eigenvalue weighted by atomic mass is 10.1. The van der Waals surface area contributed by atoms with Crippen LogP contribution in [0.3, 0.4) is 0 Å². The summed E-state index contributed by atoms with van der Waals surface area (Å²) in [6.45, 7) is 7.46. The molecule has 1 aromatic rings. The predicted molar refractivity (Wildman–Crippen MR) is 79.0 cm³/mol. The van der Waals surface area contributed by atoms with Gasteiger partial charge in [0.15, 0.2) is 0 Å². The van der Waals surface area contributed by atoms with Crippen molar-refractivity contribution in [2.24, 2.45) is 0 Å². The Hall–Kier alpha value is -1.62. The van der Waals surface area contributed by atoms with Gasteiger partial charge in [0.2, 0.25) is 0 Å². The molecule has 1 fully saturated rings. The van der Waals surface area contributed by atoms with Crippen LogP contribution in [0, 0.1) is 6.92 Å². The van der Waals surface area contributed by atoms with Gasteiger partial charge in [-0.3, -0.25) is 4.79 Å². The van der Waals surface area contributed by atoms with Gasteiger partial charge in [0, 0.05) is 24.4 Å². The van der Waals surface area contributed by atoms with Crippen molar-refractivity contribution in [1.29, 1.82) is 0 Å². The van der Waals surface area contributed by atoms with Crippen molar-refractivity contribution in [3.05, 3.63) is 23.4 Å². The fourth-order valence-electron chi connectivity index (χ4n) is 2.45. The van der Waals surface area contributed by atoms with Gasteiger partial charge in [-0.05, 0) is 45.7 Å². The van der Waals surface area contributed by atoms with Gasteiger partial charge < -0.3 is 15.4 Å². The Morgan fingerprint density at radius 2 is 2.35 bits per heavy atom. The van der Waals surface area contributed by atoms with E-state index in [1.807, 2.05) is 20.8 Å². The number of hydrogen-bond acceptors (Lipinski definition) is 4. The number of aryl methyl sites for hydroxylation is 1. The van der Waals surface area contributed by atoms with Crippen molar-refractivity contribution in [2.75, 3.05) is 18.5 Å². The summed E-state index contributed by atoms with van der Waals surface area (Å²) in [5.41, 5.74) is 1.47. The van der Waals surface area contributed by atoms with E-state index in [-0.39, 0.29) is 18.1 Å². The number of carbonyl (C=O) groups is 1. The molecule has 5 nitrogen and oxygen atoms in total. The number of pyridine rings is 1. The number of amides is 1. The zero-order valence-electron chi connectivity index (χ0n) is 12.4. The minimum absolute atomic E-state index is 0.0288. The first-order chi connectivity index (χ1) is 9.60. The van der Waals surface area contributed by atoms with E-state index >= 15 is 0 Å². The molecular weight excluding hydrogens is 254 g/mol. The highest BCUT2D eigenvalue weighted by Gasteiger charge is 2.24. The number of nitrogens with zero attached hydrogens (tertiary/aromatic N) is 1. The summed E-state index contributed by atoms with van der Waals surface area (Å²) in [4.78, 5) is 16.6. The van der Waals surface area contributed by atoms with Crippen LogP contribution >= 0.6 is 0 Å². The van der Waals surface area contributed by atoms with Crippen molar-refractivity contribution in [1.82, 2.24) is 10.3 Å². The van der Waals surface area contributed by atoms with E-state index in [0.29, 0.717) is 5.56 Å². The molecule has 110 valence electrons. The standard InChI is InChI=1S/C15H23N3O2/c1-4-16-14-9-12(8-10(2)17-14)15(19)18-11(3)13-6-5-7-20-13/h8-9,11,13H,4-7H2,1-3H3,(H,16,17)(H,18,19). The fraction of sp³-hybridized carbons (Fsp3) is 0.600. The number of carbonyl (C=O) groups excluding carboxylic acids is 1. The Morgan fingerprint density at radius 1 is 1.55 bits per heavy atom. The first-order valence-corrected chi connectivity index (χ1v) is 7.25. The predicted octanol–water partition coefficient (Wildman–Crippen LogP) is 2.12. The van der Waals surface area contributed by atoms with E-state index in [0.717, 1.165) is 37.5 Å². The van der Waals surface area contributed by atoms with Crippen LogP contribution in [-0.2, 0) is 4.74 Å². The number of anilines is 1. The molecule has 20 heavy (non-hydrogen) atoms. The van der Waals surface area contributed by atoms with E-state index in [1.165, 1.54) is 0 Å². The van der Waals surface area contributed by atoms with Crippen LogP contribution in [0.15, 0.2) is 12.1 Å². The zero-order valence-corrected chi connectivity index (χ0v) is 12.4. The highest BCUT2D eigenvalue weighted by atomic mass is 16.5. The van der Waals surface area contributed by atoms with Crippen LogP contribution in [0.5, 0.6) is 0 Å². The Labute approximate surface area is 120 Å². The van der Waals surface area contributed by atoms with E-state index < -0.39 is 0 Å². The third-order valence-corrected chi connectivity index (χ3v) is 3.45. The minimum Gasteiger partial charge on any atom is -0.376 e. The molecule has 1 aliphatic rings. The normalized spacial score (nSPS) is 19.6. The maximum absolute atomic E-state index is 12.3. The number of rotatable bonds is 5. The maximum Gasteiger partial charge on any atom is 0.251 e. The topological polar surface area (TPSA) is 63.2 Å². The molecule has 0 aliphatic carbocycles. The number of ether oxygens (including phenoxy) is 1. The van der Waals surface area contributed by atoms with Crippen LogP contribution < -0.4 is 10.6 Å². The molecule has 0 saturated carbocycles. The first kappa shape index (κ1) is 14.8. The molecule has 0 radical (unpaired) electrons. The summed E-state index contributed by atoms with van der Waals surface area (Å²) < 4.78 is 5.60. The molecule has 2 atom stereocenters. The molecule has 1 amide bonds. The molecule has 2 rings (SSSR count). The third-order valence-electron chi connectivity index (χ3n) is 3.45. The van der Waals surface area contributed by atoms with Crippen molar-refractivity contribution in [3.63, 3.8) is 0 Å². The Kier molecular flexibility index (Phi) is 4.95. The summed E-state index contributed by atoms with van der Waals surface area (Å²) >= 11 is 0. The van der Waals surface area contributed by atoms with E-state index in [9.17, 15) is 4.79 Å². The van der Waals surface area contributed by atoms with E-state index in [2.05, 4.69) is 15.6 Å². The molecule has 0 spiro atoms. The molecule has 2 unspecified atom stereocenters. The summed E-state index contributed by atoms with van der Waals surface area (Å²) in [6.07, 6.45) is 2.22. The van der Waals surface area contributed by atoms with Crippen LogP contribution in [0.4, 0.5) is 5.82 Å². The molecule has 2 N–H and O–H groups in total. The molecular formula is C15H23N3O2. The van der Waals surface area contributed by atoms with Gasteiger partial charge in [-0.1, -0.05) is 0 Å². The molecule has 0 aromatic carbocycles. The average Bonchev–Trinajstić information content (AvgIpc) is 2.92. The fourth-order valence-corrected chi connectivity index (χ4v) is 2.45. The minimum atomic E-state index is -0.0716. The second-order valence-electron chi connectivity index (χ2n) is 5.23. The maximum atomic E-state index is 12.3. The summed E-state index contributed by atoms with van der Waals surface area (Å²) in [5, 5.41) is 6.15. The monoisotopic (exact) mass is 277 g/mol. The Bertz CT molecular complexity index is 470. The molecule has 2 heterocycles. The van der Waals surface area contributed by atoms with E-state index in [1.54, 1.807) is 12.1 Å². The second-order valence-corrected chi connectivity index (χ2v) is 5.23. The van der Waals surface area contributed by atoms with Crippen LogP contribution in [0.1, 0.15) is 42.7 Å². The van der Waals surface area contributed by atoms with Crippen LogP contribution in [-0.4, -0.2) is 36.2 Å². The smallest absolute Gasteiger partial charge is 0.251 e. The van der Waals surface area contributed by atoms with Gasteiger partial charge in [-0.15, -0.1) is 0 Å². The number of nitrogens with one attached hydrogen (secondary N) is 2. The molecule has 5 heteroatoms. The summed E-state index contributed by atoms with van der Waals surface area (Å²) in [6, 6.07) is 3.62. The molecule has 1 aliphatic heterocycles. The summed E-state index contributed by atoms with van der Waals surface area (Å²) in [5.74, 6) is 0.667. The lowest BCUT2D eigenvalue weighted by molar-refractivity contribution is 0.0712. The molecule has 1 aromatic heterocycles. The lowest BCUT2D eigenvalue weighted by Gasteiger charge is -2.20. The quantitative estimate of drug-likeness (QED) is 0.865. The Morgan fingerprint density at radius 3 is 3.00 bits per heavy atom. The SMILES string of the molecule is CCNc1cc(C(=O)NC(C)C2CCCO2)cc(C)n1. The van der Waals surface area contributed by atoms with Gasteiger partial charge in [0.05, 0.1) is 12.1 Å². The van der Waals surface area contributed by atoms with Crippen LogP contribution in [0.25, 0.3) is 0 Å². The van der Waals surface area contributed by atoms with Gasteiger partial charge in [-0.2, -0.15) is 0 Å². The van der Waals surface area contributed by atoms with Crippen LogP contribution in [0.2, 0.25) is 0 Å². The highest BCUT2D eigenvalue weighted by Crippen LogP contribution is 2.16. The van der Waals surface area contributed by atoms with Gasteiger partial charge in [-0.25, -0.2) is 4.98 Å². The molecule has 1 saturated heterocycles. The third kappa shape index (κ3) is 3.70.